The molecule has 0 radical (unpaired) electrons. The first-order chi connectivity index (χ1) is 7.92. The van der Waals surface area contributed by atoms with Crippen LogP contribution >= 0.6 is 0 Å². The fraction of sp³-hybridized carbons (Fsp3) is 0.143. The minimum absolute atomic E-state index is 0.419. The Morgan fingerprint density at radius 1 is 0.812 bits per heavy atom. The number of hydrogen-bond donors (Lipinski definition) is 0. The van der Waals surface area contributed by atoms with E-state index in [2.05, 4.69) is 53.1 Å². The lowest BCUT2D eigenvalue weighted by atomic mass is 10.2. The molecule has 0 fully saturated rings. The summed E-state index contributed by atoms with van der Waals surface area (Å²) in [5.74, 6) is 0. The summed E-state index contributed by atoms with van der Waals surface area (Å²) in [6.45, 7) is 1.18. The average Bonchev–Trinajstić information content (AvgIpc) is 2.66. The van der Waals surface area contributed by atoms with E-state index in [1.807, 2.05) is 0 Å². The van der Waals surface area contributed by atoms with Crippen LogP contribution in [0, 0.1) is 0 Å². The molecular weight excluding hydrogens is 198 g/mol. The van der Waals surface area contributed by atoms with Crippen LogP contribution in [-0.4, -0.2) is 16.3 Å². The second kappa shape index (κ2) is 3.65. The van der Waals surface area contributed by atoms with Gasteiger partial charge in [-0.2, -0.15) is 0 Å². The van der Waals surface area contributed by atoms with Crippen molar-refractivity contribution in [2.24, 2.45) is 0 Å². The number of rotatable bonds is 2. The van der Waals surface area contributed by atoms with Gasteiger partial charge in [0.25, 0.3) is 0 Å². The molecule has 0 aliphatic heterocycles. The molecule has 0 saturated heterocycles. The standard InChI is InChI=1S/C14H13NO/c16-10-9-15-13-7-3-1-5-11(13)12-6-2-4-8-14(12)15/h1-8,16H,9-10H2/p+1. The molecule has 0 aliphatic rings. The lowest BCUT2D eigenvalue weighted by Gasteiger charge is -2.02. The van der Waals surface area contributed by atoms with E-state index in [9.17, 15) is 0 Å². The van der Waals surface area contributed by atoms with Crippen LogP contribution in [0.4, 0.5) is 0 Å². The zero-order valence-electron chi connectivity index (χ0n) is 8.98. The highest BCUT2D eigenvalue weighted by Crippen LogP contribution is 2.28. The van der Waals surface area contributed by atoms with Gasteiger partial charge < -0.3 is 9.67 Å². The Labute approximate surface area is 93.7 Å². The Hall–Kier alpha value is -1.80. The summed E-state index contributed by atoms with van der Waals surface area (Å²) in [7, 11) is 0. The van der Waals surface area contributed by atoms with Gasteiger partial charge in [0.15, 0.2) is 6.61 Å². The van der Waals surface area contributed by atoms with Crippen molar-refractivity contribution in [1.29, 1.82) is 0 Å². The maximum absolute atomic E-state index is 7.41. The first-order valence-electron chi connectivity index (χ1n) is 5.52. The van der Waals surface area contributed by atoms with Crippen molar-refractivity contribution in [3.63, 3.8) is 0 Å². The maximum atomic E-state index is 7.41. The smallest absolute Gasteiger partial charge is 0.161 e. The molecule has 0 spiro atoms. The number of aromatic nitrogens is 1. The number of benzene rings is 2. The Morgan fingerprint density at radius 3 is 1.81 bits per heavy atom. The second-order valence-corrected chi connectivity index (χ2v) is 3.94. The zero-order chi connectivity index (χ0) is 11.0. The molecule has 0 aliphatic carbocycles. The third-order valence-electron chi connectivity index (χ3n) is 3.02. The molecule has 0 bridgehead atoms. The Bertz CT molecular complexity index is 586. The summed E-state index contributed by atoms with van der Waals surface area (Å²) in [5.41, 5.74) is 2.46. The summed E-state index contributed by atoms with van der Waals surface area (Å²) < 4.78 is 2.23. The lowest BCUT2D eigenvalue weighted by molar-refractivity contribution is 0.280. The van der Waals surface area contributed by atoms with Crippen molar-refractivity contribution < 1.29 is 5.11 Å². The minimum Gasteiger partial charge on any atom is -0.444 e. The predicted molar refractivity (Wildman–Crippen MR) is 67.9 cm³/mol. The molecule has 16 heavy (non-hydrogen) atoms. The van der Waals surface area contributed by atoms with E-state index in [1.165, 1.54) is 21.8 Å². The van der Waals surface area contributed by atoms with Crippen LogP contribution in [0.1, 0.15) is 0 Å². The van der Waals surface area contributed by atoms with E-state index in [1.54, 1.807) is 0 Å². The summed E-state index contributed by atoms with van der Waals surface area (Å²) in [4.78, 5) is 0. The molecule has 80 valence electrons. The van der Waals surface area contributed by atoms with Gasteiger partial charge in [-0.25, -0.2) is 0 Å². The summed E-state index contributed by atoms with van der Waals surface area (Å²) in [6, 6.07) is 16.8. The topological polar surface area (TPSA) is 27.8 Å². The van der Waals surface area contributed by atoms with Gasteiger partial charge in [-0.05, 0) is 12.1 Å². The molecule has 2 nitrogen and oxygen atoms in total. The molecular formula is C14H14NO+. The van der Waals surface area contributed by atoms with E-state index in [-0.39, 0.29) is 0 Å². The fourth-order valence-corrected chi connectivity index (χ4v) is 2.36. The van der Waals surface area contributed by atoms with Crippen molar-refractivity contribution in [2.45, 2.75) is 6.54 Å². The number of para-hydroxylation sites is 2. The molecule has 2 aromatic carbocycles. The first-order valence-corrected chi connectivity index (χ1v) is 5.52. The fourth-order valence-electron chi connectivity index (χ4n) is 2.36. The molecule has 3 aromatic rings. The first kappa shape index (κ1) is 9.43. The van der Waals surface area contributed by atoms with Gasteiger partial charge in [0, 0.05) is 21.8 Å². The van der Waals surface area contributed by atoms with Crippen LogP contribution in [0.2, 0.25) is 0 Å². The molecule has 0 saturated carbocycles. The zero-order valence-corrected chi connectivity index (χ0v) is 8.98. The highest BCUT2D eigenvalue weighted by Gasteiger charge is 2.08. The quantitative estimate of drug-likeness (QED) is 0.584. The summed E-state index contributed by atoms with van der Waals surface area (Å²) in [6.07, 6.45) is 0. The van der Waals surface area contributed by atoms with Crippen molar-refractivity contribution in [3.8, 4) is 0 Å². The predicted octanol–water partition coefficient (Wildman–Crippen LogP) is 2.52. The Balaban J connectivity index is 2.49. The highest BCUT2D eigenvalue weighted by molar-refractivity contribution is 6.07. The van der Waals surface area contributed by atoms with Crippen molar-refractivity contribution in [2.75, 3.05) is 6.61 Å². The average molecular weight is 212 g/mol. The number of fused-ring (bicyclic) bond motifs is 3. The van der Waals surface area contributed by atoms with E-state index in [4.69, 9.17) is 5.11 Å². The van der Waals surface area contributed by atoms with Gasteiger partial charge in [-0.1, -0.05) is 36.4 Å². The molecule has 0 atom stereocenters. The third kappa shape index (κ3) is 1.24. The Kier molecular flexibility index (Phi) is 2.15. The minimum atomic E-state index is 0.419. The van der Waals surface area contributed by atoms with Crippen LogP contribution in [0.5, 0.6) is 0 Å². The second-order valence-electron chi connectivity index (χ2n) is 3.94. The summed E-state index contributed by atoms with van der Waals surface area (Å²) in [5, 5.41) is 9.98. The van der Waals surface area contributed by atoms with Crippen LogP contribution in [-0.2, 0) is 6.54 Å². The molecule has 0 amide bonds. The molecule has 2 N–H and O–H groups in total. The SMILES string of the molecule is [OH2+]CCn1c2ccccc2c2ccccc21. The van der Waals surface area contributed by atoms with E-state index < -0.39 is 0 Å². The van der Waals surface area contributed by atoms with E-state index in [0.29, 0.717) is 6.61 Å². The van der Waals surface area contributed by atoms with E-state index >= 15 is 0 Å². The van der Waals surface area contributed by atoms with Gasteiger partial charge >= 0.3 is 0 Å². The van der Waals surface area contributed by atoms with Gasteiger partial charge in [0.2, 0.25) is 0 Å². The third-order valence-corrected chi connectivity index (χ3v) is 3.02. The lowest BCUT2D eigenvalue weighted by Crippen LogP contribution is -2.00. The number of nitrogens with zero attached hydrogens (tertiary/aromatic N) is 1. The molecule has 1 aromatic heterocycles. The number of hydrogen-bond acceptors (Lipinski definition) is 0. The largest absolute Gasteiger partial charge is 0.444 e. The van der Waals surface area contributed by atoms with Crippen molar-refractivity contribution >= 4 is 21.8 Å². The van der Waals surface area contributed by atoms with Crippen molar-refractivity contribution in [3.05, 3.63) is 48.5 Å². The van der Waals surface area contributed by atoms with E-state index in [0.717, 1.165) is 6.54 Å². The monoisotopic (exact) mass is 212 g/mol. The van der Waals surface area contributed by atoms with Gasteiger partial charge in [0.1, 0.15) is 0 Å². The van der Waals surface area contributed by atoms with Crippen LogP contribution in [0.25, 0.3) is 21.8 Å². The normalized spacial score (nSPS) is 11.3. The van der Waals surface area contributed by atoms with Crippen LogP contribution in [0.15, 0.2) is 48.5 Å². The molecule has 3 rings (SSSR count). The van der Waals surface area contributed by atoms with Gasteiger partial charge in [-0.15, -0.1) is 0 Å². The van der Waals surface area contributed by atoms with Gasteiger partial charge in [0.05, 0.1) is 6.54 Å². The Morgan fingerprint density at radius 2 is 1.31 bits per heavy atom. The molecule has 1 heterocycles. The van der Waals surface area contributed by atoms with Crippen molar-refractivity contribution in [1.82, 2.24) is 4.57 Å². The van der Waals surface area contributed by atoms with Gasteiger partial charge in [-0.3, -0.25) is 0 Å². The van der Waals surface area contributed by atoms with Crippen LogP contribution in [0.3, 0.4) is 0 Å². The highest BCUT2D eigenvalue weighted by atomic mass is 16.3. The maximum Gasteiger partial charge on any atom is 0.161 e. The summed E-state index contributed by atoms with van der Waals surface area (Å²) >= 11 is 0. The van der Waals surface area contributed by atoms with Crippen LogP contribution < -0.4 is 0 Å². The molecule has 2 heteroatoms. The molecule has 0 unspecified atom stereocenters.